The summed E-state index contributed by atoms with van der Waals surface area (Å²) in [7, 11) is 0. The number of hydrogen-bond acceptors (Lipinski definition) is 9. The number of aromatic nitrogens is 2. The first-order chi connectivity index (χ1) is 13.0. The molecule has 1 saturated carbocycles. The first-order valence-electron chi connectivity index (χ1n) is 8.76. The first kappa shape index (κ1) is 19.7. The van der Waals surface area contributed by atoms with Gasteiger partial charge in [0.05, 0.1) is 4.92 Å². The number of hydrogen-bond donors (Lipinski definition) is 1. The van der Waals surface area contributed by atoms with Gasteiger partial charge in [0.2, 0.25) is 0 Å². The maximum Gasteiger partial charge on any atom is 0.344 e. The molecule has 2 aromatic heterocycles. The average Bonchev–Trinajstić information content (AvgIpc) is 3.20. The third-order valence-corrected chi connectivity index (χ3v) is 6.57. The molecule has 2 heterocycles. The largest absolute Gasteiger partial charge is 0.389 e. The maximum atomic E-state index is 12.6. The molecule has 10 heteroatoms. The third kappa shape index (κ3) is 5.02. The molecule has 1 N–H and O–H groups in total. The van der Waals surface area contributed by atoms with Gasteiger partial charge in [-0.2, -0.15) is 0 Å². The number of thiazole rings is 2. The number of nitrogens with zero attached hydrogens (tertiary/aromatic N) is 3. The lowest BCUT2D eigenvalue weighted by atomic mass is 10.1. The van der Waals surface area contributed by atoms with Crippen LogP contribution in [0.2, 0.25) is 0 Å². The van der Waals surface area contributed by atoms with Crippen LogP contribution in [0.3, 0.4) is 0 Å². The van der Waals surface area contributed by atoms with Crippen molar-refractivity contribution >= 4 is 39.2 Å². The van der Waals surface area contributed by atoms with Gasteiger partial charge in [0.15, 0.2) is 21.6 Å². The number of aliphatic hydroxyl groups excluding tert-OH is 1. The molecule has 144 valence electrons. The van der Waals surface area contributed by atoms with Gasteiger partial charge in [0.1, 0.15) is 18.5 Å². The fourth-order valence-electron chi connectivity index (χ4n) is 2.68. The summed E-state index contributed by atoms with van der Waals surface area (Å²) in [5.41, 5.74) is 0.474. The van der Waals surface area contributed by atoms with Crippen LogP contribution in [0.1, 0.15) is 66.2 Å². The highest BCUT2D eigenvalue weighted by molar-refractivity contribution is 7.23. The lowest BCUT2D eigenvalue weighted by Crippen LogP contribution is -2.04. The second-order valence-corrected chi connectivity index (χ2v) is 8.49. The first-order valence-corrected chi connectivity index (χ1v) is 10.4. The topological polar surface area (TPSA) is 123 Å². The Morgan fingerprint density at radius 2 is 1.93 bits per heavy atom. The van der Waals surface area contributed by atoms with Crippen LogP contribution in [-0.4, -0.2) is 38.2 Å². The van der Waals surface area contributed by atoms with Gasteiger partial charge in [0.25, 0.3) is 0 Å². The summed E-state index contributed by atoms with van der Waals surface area (Å²) in [6, 6.07) is 0. The zero-order chi connectivity index (χ0) is 19.4. The summed E-state index contributed by atoms with van der Waals surface area (Å²) < 4.78 is 0. The van der Waals surface area contributed by atoms with Crippen molar-refractivity contribution in [1.29, 1.82) is 0 Å². The van der Waals surface area contributed by atoms with E-state index in [4.69, 9.17) is 5.11 Å². The number of nitro groups is 1. The van der Waals surface area contributed by atoms with Gasteiger partial charge in [-0.05, 0) is 42.9 Å². The van der Waals surface area contributed by atoms with E-state index < -0.39 is 11.5 Å². The summed E-state index contributed by atoms with van der Waals surface area (Å²) in [4.78, 5) is 43.5. The molecule has 1 fully saturated rings. The van der Waals surface area contributed by atoms with Crippen molar-refractivity contribution in [3.63, 3.8) is 0 Å². The predicted octanol–water partition coefficient (Wildman–Crippen LogP) is 3.75. The lowest BCUT2D eigenvalue weighted by molar-refractivity contribution is -0.380. The summed E-state index contributed by atoms with van der Waals surface area (Å²) in [5.74, 6) is 0.144. The van der Waals surface area contributed by atoms with Crippen molar-refractivity contribution in [1.82, 2.24) is 9.97 Å². The van der Waals surface area contributed by atoms with Crippen LogP contribution in [0.4, 0.5) is 5.00 Å². The highest BCUT2D eigenvalue weighted by atomic mass is 32.1. The molecule has 0 unspecified atom stereocenters. The molecular formula is C17H19N3O5S2. The molecule has 2 aromatic rings. The minimum atomic E-state index is -0.482. The van der Waals surface area contributed by atoms with Crippen LogP contribution in [0.5, 0.6) is 0 Å². The summed E-state index contributed by atoms with van der Waals surface area (Å²) in [6.45, 7) is -0.430. The molecule has 27 heavy (non-hydrogen) atoms. The van der Waals surface area contributed by atoms with E-state index in [1.807, 2.05) is 0 Å². The minimum Gasteiger partial charge on any atom is -0.389 e. The van der Waals surface area contributed by atoms with E-state index in [1.165, 1.54) is 17.5 Å². The highest BCUT2D eigenvalue weighted by Crippen LogP contribution is 2.47. The smallest absolute Gasteiger partial charge is 0.344 e. The second kappa shape index (κ2) is 8.77. The van der Waals surface area contributed by atoms with Crippen LogP contribution >= 0.6 is 22.7 Å². The van der Waals surface area contributed by atoms with Crippen molar-refractivity contribution in [2.75, 3.05) is 6.61 Å². The molecule has 0 amide bonds. The van der Waals surface area contributed by atoms with Gasteiger partial charge < -0.3 is 5.11 Å². The Bertz CT molecular complexity index is 857. The Labute approximate surface area is 163 Å². The van der Waals surface area contributed by atoms with Gasteiger partial charge in [-0.25, -0.2) is 9.97 Å². The number of aliphatic hydroxyl groups is 1. The molecule has 1 aliphatic rings. The van der Waals surface area contributed by atoms with E-state index in [1.54, 1.807) is 0 Å². The minimum absolute atomic E-state index is 0.0288. The number of rotatable bonds is 11. The Balaban J connectivity index is 1.65. The van der Waals surface area contributed by atoms with E-state index in [-0.39, 0.29) is 16.6 Å². The number of ketones is 2. The average molecular weight is 409 g/mol. The molecule has 8 nitrogen and oxygen atoms in total. The van der Waals surface area contributed by atoms with Crippen molar-refractivity contribution in [2.24, 2.45) is 0 Å². The summed E-state index contributed by atoms with van der Waals surface area (Å²) >= 11 is 2.37. The summed E-state index contributed by atoms with van der Waals surface area (Å²) in [5, 5.41) is 20.5. The van der Waals surface area contributed by atoms with E-state index in [9.17, 15) is 19.7 Å². The van der Waals surface area contributed by atoms with Gasteiger partial charge in [-0.1, -0.05) is 6.42 Å². The zero-order valence-electron chi connectivity index (χ0n) is 14.5. The molecule has 0 radical (unpaired) electrons. The highest BCUT2D eigenvalue weighted by Gasteiger charge is 2.32. The number of carbonyl (C=O) groups excluding carboxylic acids is 2. The molecule has 1 aliphatic carbocycles. The Morgan fingerprint density at radius 1 is 1.19 bits per heavy atom. The van der Waals surface area contributed by atoms with Gasteiger partial charge in [-0.3, -0.25) is 19.7 Å². The quantitative estimate of drug-likeness (QED) is 0.259. The zero-order valence-corrected chi connectivity index (χ0v) is 16.2. The predicted molar refractivity (Wildman–Crippen MR) is 101 cm³/mol. The van der Waals surface area contributed by atoms with Gasteiger partial charge >= 0.3 is 5.00 Å². The molecule has 0 bridgehead atoms. The van der Waals surface area contributed by atoms with Crippen LogP contribution in [0.25, 0.3) is 10.0 Å². The standard InChI is InChI=1S/C17H19N3O5S2/c21-9-11(22)4-2-1-3-5-12(23)14-15(10-6-7-10)27-17(19-14)16-18-8-13(26-16)20(24)25/h8,10,21H,1-7,9H2. The fraction of sp³-hybridized carbons (Fsp3) is 0.529. The molecule has 3 rings (SSSR count). The Hall–Kier alpha value is -2.04. The lowest BCUT2D eigenvalue weighted by Gasteiger charge is -2.01. The number of unbranched alkanes of at least 4 members (excludes halogenated alkanes) is 2. The Kier molecular flexibility index (Phi) is 6.40. The fourth-order valence-corrected chi connectivity index (χ4v) is 4.69. The van der Waals surface area contributed by atoms with E-state index in [0.717, 1.165) is 35.5 Å². The Morgan fingerprint density at radius 3 is 2.56 bits per heavy atom. The van der Waals surface area contributed by atoms with Crippen LogP contribution in [-0.2, 0) is 4.79 Å². The molecule has 0 saturated heterocycles. The van der Waals surface area contributed by atoms with Crippen LogP contribution in [0, 0.1) is 10.1 Å². The third-order valence-electron chi connectivity index (χ3n) is 4.26. The molecule has 0 aliphatic heterocycles. The maximum absolute atomic E-state index is 12.6. The normalized spacial score (nSPS) is 13.7. The molecule has 0 atom stereocenters. The second-order valence-electron chi connectivity index (χ2n) is 6.45. The molecular weight excluding hydrogens is 390 g/mol. The van der Waals surface area contributed by atoms with E-state index in [2.05, 4.69) is 9.97 Å². The van der Waals surface area contributed by atoms with Crippen molar-refractivity contribution in [3.8, 4) is 10.0 Å². The summed E-state index contributed by atoms with van der Waals surface area (Å²) in [6.07, 6.45) is 6.03. The monoisotopic (exact) mass is 409 g/mol. The van der Waals surface area contributed by atoms with Crippen LogP contribution < -0.4 is 0 Å². The molecule has 0 spiro atoms. The van der Waals surface area contributed by atoms with Crippen molar-refractivity contribution in [3.05, 3.63) is 26.9 Å². The van der Waals surface area contributed by atoms with Crippen molar-refractivity contribution in [2.45, 2.75) is 50.9 Å². The molecule has 0 aromatic carbocycles. The number of carbonyl (C=O) groups is 2. The van der Waals surface area contributed by atoms with Gasteiger partial charge in [-0.15, -0.1) is 11.3 Å². The van der Waals surface area contributed by atoms with Crippen LogP contribution in [0.15, 0.2) is 6.20 Å². The SMILES string of the molecule is O=C(CO)CCCCCC(=O)c1nc(-c2ncc([N+](=O)[O-])s2)sc1C1CC1. The van der Waals surface area contributed by atoms with E-state index >= 15 is 0 Å². The number of Topliss-reactive ketones (excluding diaryl/α,β-unsaturated/α-hetero) is 2. The van der Waals surface area contributed by atoms with E-state index in [0.29, 0.717) is 47.3 Å². The van der Waals surface area contributed by atoms with Crippen molar-refractivity contribution < 1.29 is 19.6 Å². The van der Waals surface area contributed by atoms with Gasteiger partial charge in [0, 0.05) is 17.7 Å².